The van der Waals surface area contributed by atoms with E-state index in [-0.39, 0.29) is 17.4 Å². The van der Waals surface area contributed by atoms with E-state index in [1.54, 1.807) is 61.1 Å². The molecule has 0 spiro atoms. The molecule has 0 saturated carbocycles. The molecule has 0 unspecified atom stereocenters. The number of amides is 3. The van der Waals surface area contributed by atoms with E-state index in [1.807, 2.05) is 19.2 Å². The summed E-state index contributed by atoms with van der Waals surface area (Å²) in [5, 5.41) is 13.2. The van der Waals surface area contributed by atoms with Gasteiger partial charge in [-0.1, -0.05) is 12.1 Å². The van der Waals surface area contributed by atoms with Crippen molar-refractivity contribution in [3.63, 3.8) is 0 Å². The maximum Gasteiger partial charge on any atom is 0.418 e. The summed E-state index contributed by atoms with van der Waals surface area (Å²) in [4.78, 5) is 30.7. The Morgan fingerprint density at radius 2 is 1.59 bits per heavy atom. The molecule has 0 bridgehead atoms. The van der Waals surface area contributed by atoms with E-state index in [0.29, 0.717) is 31.6 Å². The number of alkyl halides is 3. The highest BCUT2D eigenvalue weighted by atomic mass is 19.4. The number of hydrogen-bond donors (Lipinski definition) is 3. The van der Waals surface area contributed by atoms with E-state index < -0.39 is 29.5 Å². The minimum atomic E-state index is -4.64. The van der Waals surface area contributed by atoms with Crippen LogP contribution < -0.4 is 20.9 Å². The van der Waals surface area contributed by atoms with Gasteiger partial charge in [0.2, 0.25) is 0 Å². The molecule has 44 heavy (non-hydrogen) atoms. The Morgan fingerprint density at radius 3 is 2.25 bits per heavy atom. The zero-order valence-corrected chi connectivity index (χ0v) is 24.8. The first-order valence-electron chi connectivity index (χ1n) is 14.2. The van der Waals surface area contributed by atoms with Gasteiger partial charge in [-0.3, -0.25) is 9.67 Å². The SMILES string of the molecule is Cn1ncc2c(-c3ccc(NC(=O)Nc4ccc(N5CCC(NC(=O)OC(C)(C)C)CC5)c(C(F)(F)F)c4)cc3)cncc21. The molecule has 1 aliphatic rings. The minimum Gasteiger partial charge on any atom is -0.444 e. The van der Waals surface area contributed by atoms with Crippen LogP contribution >= 0.6 is 0 Å². The summed E-state index contributed by atoms with van der Waals surface area (Å²) in [6, 6.07) is 9.92. The monoisotopic (exact) mass is 609 g/mol. The third-order valence-corrected chi connectivity index (χ3v) is 7.25. The van der Waals surface area contributed by atoms with Gasteiger partial charge in [-0.05, 0) is 69.5 Å². The fourth-order valence-corrected chi connectivity index (χ4v) is 5.17. The maximum absolute atomic E-state index is 14.1. The standard InChI is InChI=1S/C31H34F3N7O3/c1-30(2,3)44-29(43)39-21-11-13-41(14-12-21)26-10-9-22(15-25(26)31(32,33)34)38-28(42)37-20-7-5-19(6-8-20)23-16-35-18-27-24(23)17-36-40(27)4/h5-10,15-18,21H,11-14H2,1-4H3,(H,39,43)(H2,37,38,42). The van der Waals surface area contributed by atoms with E-state index in [1.165, 1.54) is 12.1 Å². The molecule has 5 rings (SSSR count). The first-order valence-corrected chi connectivity index (χ1v) is 14.2. The molecular weight excluding hydrogens is 575 g/mol. The highest BCUT2D eigenvalue weighted by Crippen LogP contribution is 2.39. The molecule has 232 valence electrons. The van der Waals surface area contributed by atoms with Gasteiger partial charge in [0.1, 0.15) is 5.60 Å². The van der Waals surface area contributed by atoms with Gasteiger partial charge >= 0.3 is 18.3 Å². The highest BCUT2D eigenvalue weighted by molar-refractivity contribution is 6.00. The first kappa shape index (κ1) is 30.6. The number of nitrogens with one attached hydrogen (secondary N) is 3. The second-order valence-corrected chi connectivity index (χ2v) is 11.7. The molecule has 13 heteroatoms. The van der Waals surface area contributed by atoms with Crippen LogP contribution in [0.3, 0.4) is 0 Å². The van der Waals surface area contributed by atoms with Crippen molar-refractivity contribution in [3.8, 4) is 11.1 Å². The molecule has 3 heterocycles. The first-order chi connectivity index (χ1) is 20.8. The van der Waals surface area contributed by atoms with Crippen LogP contribution in [0, 0.1) is 0 Å². The van der Waals surface area contributed by atoms with E-state index in [4.69, 9.17) is 4.74 Å². The van der Waals surface area contributed by atoms with Crippen LogP contribution in [0.1, 0.15) is 39.2 Å². The summed E-state index contributed by atoms with van der Waals surface area (Å²) in [5.74, 6) is 0. The van der Waals surface area contributed by atoms with Gasteiger partial charge in [-0.2, -0.15) is 18.3 Å². The molecule has 2 aromatic heterocycles. The van der Waals surface area contributed by atoms with Crippen LogP contribution in [0.5, 0.6) is 0 Å². The van der Waals surface area contributed by atoms with Gasteiger partial charge in [0.25, 0.3) is 0 Å². The number of benzene rings is 2. The summed E-state index contributed by atoms with van der Waals surface area (Å²) < 4.78 is 49.3. The van der Waals surface area contributed by atoms with Crippen molar-refractivity contribution < 1.29 is 27.5 Å². The smallest absolute Gasteiger partial charge is 0.418 e. The number of ether oxygens (including phenoxy) is 1. The summed E-state index contributed by atoms with van der Waals surface area (Å²) in [5.41, 5.74) is 1.64. The van der Waals surface area contributed by atoms with E-state index in [9.17, 15) is 22.8 Å². The van der Waals surface area contributed by atoms with Crippen LogP contribution in [-0.2, 0) is 18.0 Å². The number of anilines is 3. The lowest BCUT2D eigenvalue weighted by Gasteiger charge is -2.35. The van der Waals surface area contributed by atoms with Crippen LogP contribution in [-0.4, -0.2) is 51.6 Å². The Kier molecular flexibility index (Phi) is 8.40. The van der Waals surface area contributed by atoms with Crippen molar-refractivity contribution in [2.75, 3.05) is 28.6 Å². The van der Waals surface area contributed by atoms with Gasteiger partial charge in [0.15, 0.2) is 0 Å². The molecule has 0 aliphatic carbocycles. The van der Waals surface area contributed by atoms with Gasteiger partial charge < -0.3 is 25.6 Å². The molecule has 4 aromatic rings. The zero-order chi connectivity index (χ0) is 31.6. The van der Waals surface area contributed by atoms with E-state index in [0.717, 1.165) is 28.1 Å². The number of aryl methyl sites for hydroxylation is 1. The molecule has 1 aliphatic heterocycles. The van der Waals surface area contributed by atoms with Crippen molar-refractivity contribution in [1.29, 1.82) is 0 Å². The minimum absolute atomic E-state index is 0.00556. The highest BCUT2D eigenvalue weighted by Gasteiger charge is 2.36. The number of rotatable bonds is 5. The summed E-state index contributed by atoms with van der Waals surface area (Å²) in [7, 11) is 1.83. The number of halogens is 3. The third kappa shape index (κ3) is 7.21. The van der Waals surface area contributed by atoms with Gasteiger partial charge in [-0.25, -0.2) is 9.59 Å². The second kappa shape index (κ2) is 12.1. The van der Waals surface area contributed by atoms with Gasteiger partial charge in [0.05, 0.1) is 23.5 Å². The molecule has 1 saturated heterocycles. The Balaban J connectivity index is 1.22. The Labute approximate surface area is 252 Å². The fraction of sp³-hybridized carbons (Fsp3) is 0.355. The average Bonchev–Trinajstić information content (AvgIpc) is 3.33. The predicted molar refractivity (Wildman–Crippen MR) is 163 cm³/mol. The molecule has 3 N–H and O–H groups in total. The van der Waals surface area contributed by atoms with Crippen molar-refractivity contribution in [1.82, 2.24) is 20.1 Å². The molecule has 10 nitrogen and oxygen atoms in total. The lowest BCUT2D eigenvalue weighted by Crippen LogP contribution is -2.46. The summed E-state index contributed by atoms with van der Waals surface area (Å²) in [6.07, 6.45) is 0.977. The van der Waals surface area contributed by atoms with Crippen LogP contribution in [0.25, 0.3) is 22.0 Å². The number of carbonyl (C=O) groups is 2. The van der Waals surface area contributed by atoms with Crippen molar-refractivity contribution in [3.05, 3.63) is 66.6 Å². The maximum atomic E-state index is 14.1. The number of aromatic nitrogens is 3. The van der Waals surface area contributed by atoms with Gasteiger partial charge in [-0.15, -0.1) is 0 Å². The van der Waals surface area contributed by atoms with Crippen molar-refractivity contribution >= 4 is 40.1 Å². The second-order valence-electron chi connectivity index (χ2n) is 11.7. The summed E-state index contributed by atoms with van der Waals surface area (Å²) in [6.45, 7) is 5.92. The number of alkyl carbamates (subject to hydrolysis) is 1. The number of urea groups is 1. The molecule has 2 aromatic carbocycles. The molecule has 3 amide bonds. The van der Waals surface area contributed by atoms with Crippen LogP contribution in [0.2, 0.25) is 0 Å². The van der Waals surface area contributed by atoms with Crippen LogP contribution in [0.4, 0.5) is 39.8 Å². The largest absolute Gasteiger partial charge is 0.444 e. The number of piperidine rings is 1. The summed E-state index contributed by atoms with van der Waals surface area (Å²) >= 11 is 0. The average molecular weight is 610 g/mol. The van der Waals surface area contributed by atoms with E-state index in [2.05, 4.69) is 26.0 Å². The molecular formula is C31H34F3N7O3. The van der Waals surface area contributed by atoms with Crippen molar-refractivity contribution in [2.24, 2.45) is 7.05 Å². The van der Waals surface area contributed by atoms with Crippen molar-refractivity contribution in [2.45, 2.75) is 51.4 Å². The predicted octanol–water partition coefficient (Wildman–Crippen LogP) is 6.79. The Bertz CT molecular complexity index is 1660. The lowest BCUT2D eigenvalue weighted by molar-refractivity contribution is -0.137. The number of hydrogen-bond acceptors (Lipinski definition) is 6. The van der Waals surface area contributed by atoms with E-state index >= 15 is 0 Å². The number of pyridine rings is 1. The molecule has 0 atom stereocenters. The molecule has 1 fully saturated rings. The Hall–Kier alpha value is -4.81. The number of fused-ring (bicyclic) bond motifs is 1. The fourth-order valence-electron chi connectivity index (χ4n) is 5.17. The van der Waals surface area contributed by atoms with Crippen LogP contribution in [0.15, 0.2) is 61.1 Å². The quantitative estimate of drug-likeness (QED) is 0.230. The Morgan fingerprint density at radius 1 is 0.932 bits per heavy atom. The molecule has 0 radical (unpaired) electrons. The third-order valence-electron chi connectivity index (χ3n) is 7.25. The topological polar surface area (TPSA) is 113 Å². The normalized spacial score (nSPS) is 14.4. The van der Waals surface area contributed by atoms with Gasteiger partial charge in [0, 0.05) is 60.4 Å². The number of nitrogens with zero attached hydrogens (tertiary/aromatic N) is 4. The number of carbonyl (C=O) groups excluding carboxylic acids is 2. The zero-order valence-electron chi connectivity index (χ0n) is 24.8. The lowest BCUT2D eigenvalue weighted by atomic mass is 10.0.